The van der Waals surface area contributed by atoms with Gasteiger partial charge in [-0.25, -0.2) is 0 Å². The summed E-state index contributed by atoms with van der Waals surface area (Å²) >= 11 is 0. The first-order valence-electron chi connectivity index (χ1n) is 5.13. The van der Waals surface area contributed by atoms with Crippen molar-refractivity contribution in [3.8, 4) is 0 Å². The number of fused-ring (bicyclic) bond motifs is 1. The molecule has 6 nitrogen and oxygen atoms in total. The molecule has 0 heterocycles. The fourth-order valence-electron chi connectivity index (χ4n) is 1.93. The van der Waals surface area contributed by atoms with Crippen molar-refractivity contribution >= 4 is 28.7 Å². The first-order valence-corrected chi connectivity index (χ1v) is 5.13. The van der Waals surface area contributed by atoms with Crippen LogP contribution in [0.4, 0.5) is 0 Å². The number of hydrogen-bond acceptors (Lipinski definition) is 6. The van der Waals surface area contributed by atoms with Gasteiger partial charge in [-0.15, -0.1) is 0 Å². The Morgan fingerprint density at radius 3 is 1.68 bits per heavy atom. The van der Waals surface area contributed by atoms with Crippen LogP contribution in [-0.2, 0) is 0 Å². The van der Waals surface area contributed by atoms with E-state index in [-0.39, 0.29) is 67.4 Å². The van der Waals surface area contributed by atoms with Gasteiger partial charge in [-0.05, 0) is 16.8 Å². The van der Waals surface area contributed by atoms with Gasteiger partial charge in [0, 0.05) is 16.7 Å². The summed E-state index contributed by atoms with van der Waals surface area (Å²) in [6.07, 6.45) is 0. The zero-order chi connectivity index (χ0) is 14.2. The molecular formula is C13H5Li3O6. The van der Waals surface area contributed by atoms with Crippen LogP contribution in [0.2, 0.25) is 0 Å². The largest absolute Gasteiger partial charge is 1.00 e. The number of carboxylic acids is 3. The van der Waals surface area contributed by atoms with E-state index in [0.29, 0.717) is 0 Å². The molecule has 0 amide bonds. The number of aromatic carboxylic acids is 3. The molecule has 0 atom stereocenters. The topological polar surface area (TPSA) is 120 Å². The van der Waals surface area contributed by atoms with E-state index in [1.807, 2.05) is 0 Å². The third-order valence-electron chi connectivity index (χ3n) is 2.68. The molecule has 0 bridgehead atoms. The van der Waals surface area contributed by atoms with Gasteiger partial charge in [0.15, 0.2) is 0 Å². The molecule has 0 fully saturated rings. The fraction of sp³-hybridized carbons (Fsp3) is 0. The van der Waals surface area contributed by atoms with Crippen LogP contribution in [-0.4, -0.2) is 17.9 Å². The maximum atomic E-state index is 11.1. The van der Waals surface area contributed by atoms with Gasteiger partial charge in [0.1, 0.15) is 0 Å². The average molecular weight is 278 g/mol. The molecule has 0 unspecified atom stereocenters. The van der Waals surface area contributed by atoms with Crippen molar-refractivity contribution in [1.82, 2.24) is 0 Å². The van der Waals surface area contributed by atoms with E-state index in [1.165, 1.54) is 18.2 Å². The van der Waals surface area contributed by atoms with Crippen LogP contribution >= 0.6 is 0 Å². The first-order chi connectivity index (χ1) is 8.93. The molecule has 0 aromatic heterocycles. The minimum atomic E-state index is -1.91. The van der Waals surface area contributed by atoms with Crippen LogP contribution in [0.25, 0.3) is 10.8 Å². The van der Waals surface area contributed by atoms with E-state index in [4.69, 9.17) is 0 Å². The van der Waals surface area contributed by atoms with E-state index in [1.54, 1.807) is 6.07 Å². The number of carboxylic acid groups (broad SMARTS) is 3. The summed E-state index contributed by atoms with van der Waals surface area (Å²) in [7, 11) is 0. The van der Waals surface area contributed by atoms with Gasteiger partial charge in [0.05, 0.1) is 17.9 Å². The fourth-order valence-corrected chi connectivity index (χ4v) is 1.93. The molecule has 2 rings (SSSR count). The number of hydrogen-bond donors (Lipinski definition) is 0. The second-order valence-electron chi connectivity index (χ2n) is 3.76. The zero-order valence-corrected chi connectivity index (χ0v) is 12.3. The van der Waals surface area contributed by atoms with E-state index < -0.39 is 34.6 Å². The summed E-state index contributed by atoms with van der Waals surface area (Å²) in [6.45, 7) is 0. The molecule has 0 N–H and O–H groups in total. The Morgan fingerprint density at radius 2 is 1.23 bits per heavy atom. The Labute approximate surface area is 161 Å². The summed E-state index contributed by atoms with van der Waals surface area (Å²) in [5, 5.41) is 33.3. The van der Waals surface area contributed by atoms with Gasteiger partial charge in [0.25, 0.3) is 0 Å². The number of carbonyl (C=O) groups excluding carboxylic acids is 3. The molecule has 2 aromatic rings. The monoisotopic (exact) mass is 278 g/mol. The van der Waals surface area contributed by atoms with Crippen LogP contribution in [0.15, 0.2) is 30.3 Å². The quantitative estimate of drug-likeness (QED) is 0.514. The molecule has 0 saturated heterocycles. The molecule has 0 aliphatic carbocycles. The molecule has 22 heavy (non-hydrogen) atoms. The predicted molar refractivity (Wildman–Crippen MR) is 56.9 cm³/mol. The Hall–Kier alpha value is -1.10. The standard InChI is InChI=1S/C13H8O6.3Li/c14-11(15)8-5-6-3-1-2-4-7(6)9(12(16)17)10(8)13(18)19;;;/h1-5H,(H,14,15)(H,16,17)(H,18,19);;;/q;3*+1/p-3. The van der Waals surface area contributed by atoms with Gasteiger partial charge < -0.3 is 29.7 Å². The smallest absolute Gasteiger partial charge is 0.545 e. The second-order valence-corrected chi connectivity index (χ2v) is 3.76. The molecule has 0 spiro atoms. The zero-order valence-electron chi connectivity index (χ0n) is 12.3. The number of rotatable bonds is 3. The van der Waals surface area contributed by atoms with Crippen molar-refractivity contribution < 1.29 is 86.3 Å². The molecule has 0 aliphatic rings. The summed E-state index contributed by atoms with van der Waals surface area (Å²) in [6, 6.07) is 6.88. The Kier molecular flexibility index (Phi) is 9.62. The number of benzene rings is 2. The van der Waals surface area contributed by atoms with Crippen molar-refractivity contribution in [1.29, 1.82) is 0 Å². The van der Waals surface area contributed by atoms with Gasteiger partial charge in [-0.3, -0.25) is 0 Å². The summed E-state index contributed by atoms with van der Waals surface area (Å²) in [5.41, 5.74) is -2.42. The SMILES string of the molecule is O=C([O-])c1cc2ccccc2c(C(=O)[O-])c1C(=O)[O-].[Li+].[Li+].[Li+]. The van der Waals surface area contributed by atoms with Gasteiger partial charge in [-0.2, -0.15) is 0 Å². The molecule has 0 aliphatic heterocycles. The summed E-state index contributed by atoms with van der Waals surface area (Å²) in [4.78, 5) is 33.0. The molecule has 9 heteroatoms. The third kappa shape index (κ3) is 4.22. The minimum Gasteiger partial charge on any atom is -0.545 e. The van der Waals surface area contributed by atoms with E-state index in [9.17, 15) is 29.7 Å². The van der Waals surface area contributed by atoms with E-state index in [0.717, 1.165) is 6.07 Å². The maximum absolute atomic E-state index is 11.1. The van der Waals surface area contributed by atoms with Crippen LogP contribution in [0.5, 0.6) is 0 Å². The summed E-state index contributed by atoms with van der Waals surface area (Å²) < 4.78 is 0. The molecule has 0 radical (unpaired) electrons. The molecule has 2 aromatic carbocycles. The van der Waals surface area contributed by atoms with E-state index >= 15 is 0 Å². The normalized spacial score (nSPS) is 8.91. The molecular weight excluding hydrogens is 273 g/mol. The average Bonchev–Trinajstić information content (AvgIpc) is 2.35. The third-order valence-corrected chi connectivity index (χ3v) is 2.68. The Balaban J connectivity index is 0. The van der Waals surface area contributed by atoms with Crippen molar-refractivity contribution in [2.75, 3.05) is 0 Å². The van der Waals surface area contributed by atoms with Crippen LogP contribution < -0.4 is 71.9 Å². The van der Waals surface area contributed by atoms with Gasteiger partial charge >= 0.3 is 56.6 Å². The minimum absolute atomic E-state index is 0. The van der Waals surface area contributed by atoms with Crippen LogP contribution in [0.1, 0.15) is 31.1 Å². The van der Waals surface area contributed by atoms with Crippen LogP contribution in [0.3, 0.4) is 0 Å². The first kappa shape index (κ1) is 23.2. The Morgan fingerprint density at radius 1 is 0.727 bits per heavy atom. The Bertz CT molecular complexity index is 729. The molecule has 0 saturated carbocycles. The van der Waals surface area contributed by atoms with Gasteiger partial charge in [-0.1, -0.05) is 24.3 Å². The van der Waals surface area contributed by atoms with Crippen molar-refractivity contribution in [3.63, 3.8) is 0 Å². The maximum Gasteiger partial charge on any atom is 1.00 e. The predicted octanol–water partition coefficient (Wildman–Crippen LogP) is -11.1. The van der Waals surface area contributed by atoms with Crippen molar-refractivity contribution in [2.45, 2.75) is 0 Å². The van der Waals surface area contributed by atoms with E-state index in [2.05, 4.69) is 0 Å². The molecule has 96 valence electrons. The summed E-state index contributed by atoms with van der Waals surface area (Å²) in [5.74, 6) is -5.50. The number of carbonyl (C=O) groups is 3. The van der Waals surface area contributed by atoms with Crippen molar-refractivity contribution in [3.05, 3.63) is 47.0 Å². The van der Waals surface area contributed by atoms with Crippen molar-refractivity contribution in [2.24, 2.45) is 0 Å². The van der Waals surface area contributed by atoms with Crippen LogP contribution in [0, 0.1) is 0 Å². The second kappa shape index (κ2) is 9.13. The van der Waals surface area contributed by atoms with Gasteiger partial charge in [0.2, 0.25) is 0 Å².